The molecule has 11 heteroatoms. The number of nitrogens with one attached hydrogen (secondary N) is 1. The first-order valence-electron chi connectivity index (χ1n) is 11.0. The predicted molar refractivity (Wildman–Crippen MR) is 121 cm³/mol. The second kappa shape index (κ2) is 8.05. The summed E-state index contributed by atoms with van der Waals surface area (Å²) < 4.78 is 5.52. The topological polar surface area (TPSA) is 126 Å². The molecule has 0 aliphatic carbocycles. The zero-order chi connectivity index (χ0) is 22.3. The minimum atomic E-state index is -0.191. The number of morpholine rings is 1. The van der Waals surface area contributed by atoms with Crippen LogP contribution < -0.4 is 20.9 Å². The van der Waals surface area contributed by atoms with E-state index >= 15 is 0 Å². The molecule has 2 saturated heterocycles. The van der Waals surface area contributed by atoms with E-state index in [1.165, 1.54) is 0 Å². The number of nitrogens with two attached hydrogens (primary N) is 1. The van der Waals surface area contributed by atoms with Gasteiger partial charge in [0.15, 0.2) is 0 Å². The molecule has 2 aromatic rings. The molecule has 170 valence electrons. The highest BCUT2D eigenvalue weighted by atomic mass is 16.5. The summed E-state index contributed by atoms with van der Waals surface area (Å²) in [6.45, 7) is 7.24. The summed E-state index contributed by atoms with van der Waals surface area (Å²) in [6, 6.07) is -0.0375. The van der Waals surface area contributed by atoms with Crippen LogP contribution >= 0.6 is 0 Å². The lowest BCUT2D eigenvalue weighted by atomic mass is 9.99. The van der Waals surface area contributed by atoms with Crippen molar-refractivity contribution in [2.45, 2.75) is 25.3 Å². The van der Waals surface area contributed by atoms with Gasteiger partial charge in [0.25, 0.3) is 0 Å². The van der Waals surface area contributed by atoms with E-state index in [9.17, 15) is 4.79 Å². The molecule has 5 rings (SSSR count). The Hall–Kier alpha value is -3.21. The average molecular weight is 440 g/mol. The Balaban J connectivity index is 1.56. The summed E-state index contributed by atoms with van der Waals surface area (Å²) in [5.74, 6) is 1.87. The largest absolute Gasteiger partial charge is 0.378 e. The number of hydrogen-bond donors (Lipinski definition) is 2. The number of anilines is 3. The third-order valence-electron chi connectivity index (χ3n) is 6.66. The van der Waals surface area contributed by atoms with Gasteiger partial charge in [-0.15, -0.1) is 0 Å². The number of nitrogens with zero attached hydrogens (tertiary/aromatic N) is 7. The van der Waals surface area contributed by atoms with Crippen molar-refractivity contribution in [3.63, 3.8) is 0 Å². The summed E-state index contributed by atoms with van der Waals surface area (Å²) in [7, 11) is 1.67. The van der Waals surface area contributed by atoms with Crippen molar-refractivity contribution in [3.8, 4) is 11.3 Å². The van der Waals surface area contributed by atoms with Crippen molar-refractivity contribution in [1.82, 2.24) is 30.2 Å². The molecule has 2 fully saturated rings. The maximum atomic E-state index is 12.2. The fraction of sp³-hybridized carbons (Fsp3) is 0.571. The van der Waals surface area contributed by atoms with Gasteiger partial charge in [-0.2, -0.15) is 4.98 Å². The van der Waals surface area contributed by atoms with Gasteiger partial charge in [-0.1, -0.05) is 0 Å². The average Bonchev–Trinajstić information content (AvgIpc) is 3.44. The number of nitrogen functional groups attached to an aromatic ring is 1. The monoisotopic (exact) mass is 439 g/mol. The first-order chi connectivity index (χ1) is 15.5. The van der Waals surface area contributed by atoms with Crippen LogP contribution in [0.2, 0.25) is 0 Å². The van der Waals surface area contributed by atoms with Gasteiger partial charge >= 0.3 is 6.03 Å². The molecular weight excluding hydrogens is 410 g/mol. The summed E-state index contributed by atoms with van der Waals surface area (Å²) in [5.41, 5.74) is 8.30. The van der Waals surface area contributed by atoms with Crippen molar-refractivity contribution in [2.75, 3.05) is 68.5 Å². The summed E-state index contributed by atoms with van der Waals surface area (Å²) in [4.78, 5) is 37.0. The first kappa shape index (κ1) is 20.7. The molecule has 0 saturated carbocycles. The van der Waals surface area contributed by atoms with Crippen molar-refractivity contribution >= 4 is 23.7 Å². The number of hydrogen-bond acceptors (Lipinski definition) is 9. The zero-order valence-corrected chi connectivity index (χ0v) is 18.5. The highest BCUT2D eigenvalue weighted by molar-refractivity contribution is 5.76. The van der Waals surface area contributed by atoms with Crippen LogP contribution in [0.1, 0.15) is 18.9 Å². The highest BCUT2D eigenvalue weighted by Gasteiger charge is 2.44. The minimum Gasteiger partial charge on any atom is -0.378 e. The molecule has 2 amide bonds. The second-order valence-electron chi connectivity index (χ2n) is 8.73. The number of fused-ring (bicyclic) bond motifs is 1. The number of urea groups is 1. The molecule has 2 aromatic heterocycles. The van der Waals surface area contributed by atoms with Gasteiger partial charge in [0.1, 0.15) is 5.82 Å². The van der Waals surface area contributed by atoms with Crippen molar-refractivity contribution in [2.24, 2.45) is 0 Å². The van der Waals surface area contributed by atoms with E-state index < -0.39 is 0 Å². The van der Waals surface area contributed by atoms with Gasteiger partial charge in [-0.3, -0.25) is 0 Å². The third kappa shape index (κ3) is 3.56. The van der Waals surface area contributed by atoms with Crippen LogP contribution in [-0.4, -0.2) is 89.4 Å². The molecule has 32 heavy (non-hydrogen) atoms. The standard InChI is InChI=1S/C21H29N9O2/c1-21(4-6-29(13-21)20(31)23-2)30-5-3-15-16(14-11-24-18(22)25-12-14)26-19(27-17(15)30)28-7-9-32-10-8-28/h11-12H,3-10,13H2,1-2H3,(H,23,31)(H2,22,24,25). The van der Waals surface area contributed by atoms with Crippen LogP contribution in [0, 0.1) is 0 Å². The van der Waals surface area contributed by atoms with Gasteiger partial charge in [-0.05, 0) is 19.8 Å². The number of amides is 2. The number of rotatable bonds is 3. The molecular formula is C21H29N9O2. The molecule has 3 N–H and O–H groups in total. The van der Waals surface area contributed by atoms with Crippen molar-refractivity contribution < 1.29 is 9.53 Å². The van der Waals surface area contributed by atoms with Crippen LogP contribution in [0.4, 0.5) is 22.5 Å². The SMILES string of the molecule is CNC(=O)N1CCC(C)(N2CCc3c(-c4cnc(N)nc4)nc(N4CCOCC4)nc32)C1. The molecule has 11 nitrogen and oxygen atoms in total. The summed E-state index contributed by atoms with van der Waals surface area (Å²) in [6.07, 6.45) is 5.16. The van der Waals surface area contributed by atoms with E-state index in [0.29, 0.717) is 25.7 Å². The lowest BCUT2D eigenvalue weighted by molar-refractivity contribution is 0.122. The molecule has 0 spiro atoms. The molecule has 3 aliphatic rings. The molecule has 1 atom stereocenters. The number of ether oxygens (including phenoxy) is 1. The van der Waals surface area contributed by atoms with Gasteiger partial charge in [-0.25, -0.2) is 19.7 Å². The van der Waals surface area contributed by atoms with E-state index in [1.807, 2.05) is 4.90 Å². The fourth-order valence-corrected chi connectivity index (χ4v) is 4.87. The number of carbonyl (C=O) groups excluding carboxylic acids is 1. The Morgan fingerprint density at radius 3 is 2.62 bits per heavy atom. The van der Waals surface area contributed by atoms with Crippen molar-refractivity contribution in [3.05, 3.63) is 18.0 Å². The van der Waals surface area contributed by atoms with Gasteiger partial charge in [0, 0.05) is 63.3 Å². The van der Waals surface area contributed by atoms with Crippen molar-refractivity contribution in [1.29, 1.82) is 0 Å². The van der Waals surface area contributed by atoms with Gasteiger partial charge in [0.2, 0.25) is 11.9 Å². The van der Waals surface area contributed by atoms with E-state index in [4.69, 9.17) is 20.4 Å². The van der Waals surface area contributed by atoms with Gasteiger partial charge < -0.3 is 30.5 Å². The third-order valence-corrected chi connectivity index (χ3v) is 6.66. The zero-order valence-electron chi connectivity index (χ0n) is 18.5. The Morgan fingerprint density at radius 1 is 1.16 bits per heavy atom. The molecule has 5 heterocycles. The minimum absolute atomic E-state index is 0.0375. The van der Waals surface area contributed by atoms with Crippen LogP contribution in [0.3, 0.4) is 0 Å². The van der Waals surface area contributed by atoms with Gasteiger partial charge in [0.05, 0.1) is 24.4 Å². The quantitative estimate of drug-likeness (QED) is 0.704. The maximum Gasteiger partial charge on any atom is 0.317 e. The second-order valence-corrected chi connectivity index (χ2v) is 8.73. The molecule has 1 unspecified atom stereocenters. The predicted octanol–water partition coefficient (Wildman–Crippen LogP) is 0.519. The molecule has 0 radical (unpaired) electrons. The number of aromatic nitrogens is 4. The normalized spacial score (nSPS) is 22.9. The van der Waals surface area contributed by atoms with E-state index in [-0.39, 0.29) is 17.5 Å². The molecule has 0 aromatic carbocycles. The first-order valence-corrected chi connectivity index (χ1v) is 11.0. The lowest BCUT2D eigenvalue weighted by Gasteiger charge is -2.37. The Labute approximate surface area is 187 Å². The van der Waals surface area contributed by atoms with E-state index in [1.54, 1.807) is 19.4 Å². The molecule has 3 aliphatic heterocycles. The van der Waals surface area contributed by atoms with Crippen LogP contribution in [0.15, 0.2) is 12.4 Å². The number of carbonyl (C=O) groups is 1. The maximum absolute atomic E-state index is 12.2. The summed E-state index contributed by atoms with van der Waals surface area (Å²) in [5, 5.41) is 2.74. The highest BCUT2D eigenvalue weighted by Crippen LogP contribution is 2.41. The smallest absolute Gasteiger partial charge is 0.317 e. The fourth-order valence-electron chi connectivity index (χ4n) is 4.87. The Bertz CT molecular complexity index is 1010. The lowest BCUT2D eigenvalue weighted by Crippen LogP contribution is -2.49. The van der Waals surface area contributed by atoms with Crippen LogP contribution in [0.25, 0.3) is 11.3 Å². The summed E-state index contributed by atoms with van der Waals surface area (Å²) >= 11 is 0. The molecule has 0 bridgehead atoms. The Kier molecular flexibility index (Phi) is 5.20. The van der Waals surface area contributed by atoms with Crippen LogP contribution in [-0.2, 0) is 11.2 Å². The number of likely N-dealkylation sites (tertiary alicyclic amines) is 1. The van der Waals surface area contributed by atoms with E-state index in [0.717, 1.165) is 61.7 Å². The van der Waals surface area contributed by atoms with Crippen LogP contribution in [0.5, 0.6) is 0 Å². The Morgan fingerprint density at radius 2 is 1.91 bits per heavy atom. The van der Waals surface area contributed by atoms with E-state index in [2.05, 4.69) is 32.0 Å².